The summed E-state index contributed by atoms with van der Waals surface area (Å²) >= 11 is 0. The van der Waals surface area contributed by atoms with Crippen molar-refractivity contribution in [3.8, 4) is 5.75 Å². The average molecular weight is 523 g/mol. The second kappa shape index (κ2) is 13.6. The van der Waals surface area contributed by atoms with Gasteiger partial charge in [-0.25, -0.2) is 4.98 Å². The van der Waals surface area contributed by atoms with Gasteiger partial charge in [0.25, 0.3) is 0 Å². The summed E-state index contributed by atoms with van der Waals surface area (Å²) in [7, 11) is 0. The third kappa shape index (κ3) is 8.75. The molecule has 8 N–H and O–H groups in total. The number of H-pyrrole nitrogens is 1. The van der Waals surface area contributed by atoms with Crippen LogP contribution in [0.1, 0.15) is 16.8 Å². The van der Waals surface area contributed by atoms with Crippen LogP contribution in [0.25, 0.3) is 0 Å². The first-order chi connectivity index (χ1) is 18.2. The first kappa shape index (κ1) is 27.9. The maximum absolute atomic E-state index is 13.3. The number of hydrogen-bond acceptors (Lipinski definition) is 7. The van der Waals surface area contributed by atoms with Crippen molar-refractivity contribution in [1.29, 1.82) is 0 Å². The number of nitrogens with one attached hydrogen (secondary N) is 4. The zero-order valence-electron chi connectivity index (χ0n) is 20.5. The Balaban J connectivity index is 1.75. The van der Waals surface area contributed by atoms with E-state index >= 15 is 0 Å². The van der Waals surface area contributed by atoms with E-state index in [9.17, 15) is 24.3 Å². The van der Waals surface area contributed by atoms with E-state index in [-0.39, 0.29) is 25.0 Å². The Hall–Kier alpha value is -4.71. The number of carbonyl (C=O) groups is 4. The fraction of sp³-hybridized carbons (Fsp3) is 0.269. The number of rotatable bonds is 13. The van der Waals surface area contributed by atoms with Crippen LogP contribution < -0.4 is 21.7 Å². The first-order valence-electron chi connectivity index (χ1n) is 11.9. The largest absolute Gasteiger partial charge is 0.508 e. The van der Waals surface area contributed by atoms with Crippen LogP contribution in [0.3, 0.4) is 0 Å². The van der Waals surface area contributed by atoms with Gasteiger partial charge in [-0.2, -0.15) is 0 Å². The lowest BCUT2D eigenvalue weighted by Gasteiger charge is -2.24. The van der Waals surface area contributed by atoms with Crippen LogP contribution in [0.4, 0.5) is 0 Å². The number of benzene rings is 2. The van der Waals surface area contributed by atoms with E-state index in [4.69, 9.17) is 10.8 Å². The van der Waals surface area contributed by atoms with Crippen molar-refractivity contribution in [3.63, 3.8) is 0 Å². The van der Waals surface area contributed by atoms with E-state index in [1.54, 1.807) is 12.1 Å². The van der Waals surface area contributed by atoms with E-state index in [1.807, 2.05) is 30.3 Å². The van der Waals surface area contributed by atoms with Crippen LogP contribution in [0.5, 0.6) is 5.75 Å². The van der Waals surface area contributed by atoms with Gasteiger partial charge in [0.15, 0.2) is 0 Å². The molecule has 3 unspecified atom stereocenters. The van der Waals surface area contributed by atoms with E-state index in [2.05, 4.69) is 25.9 Å². The standard InChI is InChI=1S/C26H30N6O6/c27-20(10-16-4-2-1-3-5-16)24(36)31-22(12-18-13-28-15-30-18)26(38)32-21(25(37)29-14-23(34)35)11-17-6-8-19(33)9-7-17/h1-9,13,15,20-22,33H,10-12,14,27H2,(H,28,30)(H,29,37)(H,31,36)(H,32,38)(H,34,35). The summed E-state index contributed by atoms with van der Waals surface area (Å²) in [5.41, 5.74) is 8.13. The van der Waals surface area contributed by atoms with E-state index in [1.165, 1.54) is 24.7 Å². The van der Waals surface area contributed by atoms with Gasteiger partial charge in [-0.05, 0) is 29.7 Å². The third-order valence-corrected chi connectivity index (χ3v) is 5.67. The van der Waals surface area contributed by atoms with Crippen LogP contribution in [0.2, 0.25) is 0 Å². The van der Waals surface area contributed by atoms with Crippen LogP contribution in [-0.2, 0) is 38.4 Å². The van der Waals surface area contributed by atoms with E-state index in [0.717, 1.165) is 5.56 Å². The quantitative estimate of drug-likeness (QED) is 0.158. The zero-order chi connectivity index (χ0) is 27.5. The molecule has 200 valence electrons. The number of carboxylic acids is 1. The third-order valence-electron chi connectivity index (χ3n) is 5.67. The molecule has 0 bridgehead atoms. The SMILES string of the molecule is NC(Cc1ccccc1)C(=O)NC(Cc1cnc[nH]1)C(=O)NC(Cc1ccc(O)cc1)C(=O)NCC(=O)O. The summed E-state index contributed by atoms with van der Waals surface area (Å²) in [4.78, 5) is 56.8. The highest BCUT2D eigenvalue weighted by Gasteiger charge is 2.29. The molecule has 0 saturated carbocycles. The predicted octanol–water partition coefficient (Wildman–Crippen LogP) is -0.359. The number of aliphatic carboxylic acids is 1. The second-order valence-electron chi connectivity index (χ2n) is 8.68. The van der Waals surface area contributed by atoms with Gasteiger partial charge in [0.1, 0.15) is 24.4 Å². The maximum Gasteiger partial charge on any atom is 0.322 e. The Morgan fingerprint density at radius 1 is 0.842 bits per heavy atom. The molecule has 0 radical (unpaired) electrons. The Bertz CT molecular complexity index is 1220. The van der Waals surface area contributed by atoms with Crippen molar-refractivity contribution < 1.29 is 29.4 Å². The van der Waals surface area contributed by atoms with Gasteiger partial charge in [-0.3, -0.25) is 19.2 Å². The highest BCUT2D eigenvalue weighted by molar-refractivity contribution is 5.94. The van der Waals surface area contributed by atoms with Crippen LogP contribution in [0.15, 0.2) is 67.1 Å². The number of amides is 3. The summed E-state index contributed by atoms with van der Waals surface area (Å²) in [5, 5.41) is 26.0. The number of imidazole rings is 1. The van der Waals surface area contributed by atoms with Crippen LogP contribution in [0, 0.1) is 0 Å². The average Bonchev–Trinajstić information content (AvgIpc) is 3.41. The molecule has 0 spiro atoms. The van der Waals surface area contributed by atoms with E-state index in [0.29, 0.717) is 11.3 Å². The molecule has 3 rings (SSSR count). The lowest BCUT2D eigenvalue weighted by Crippen LogP contribution is -2.57. The molecule has 0 saturated heterocycles. The lowest BCUT2D eigenvalue weighted by atomic mass is 10.0. The van der Waals surface area contributed by atoms with Gasteiger partial charge in [-0.15, -0.1) is 0 Å². The molecule has 3 aromatic rings. The molecule has 0 aliphatic rings. The lowest BCUT2D eigenvalue weighted by molar-refractivity contribution is -0.138. The van der Waals surface area contributed by atoms with Crippen LogP contribution in [-0.4, -0.2) is 68.5 Å². The number of aromatic hydroxyl groups is 1. The minimum atomic E-state index is -1.25. The molecule has 0 aliphatic heterocycles. The molecule has 0 aliphatic carbocycles. The maximum atomic E-state index is 13.3. The van der Waals surface area contributed by atoms with Gasteiger partial charge in [0, 0.05) is 24.7 Å². The number of phenols is 1. The molecule has 1 heterocycles. The number of phenolic OH excluding ortho intramolecular Hbond substituents is 1. The minimum Gasteiger partial charge on any atom is -0.508 e. The monoisotopic (exact) mass is 522 g/mol. The molecule has 12 nitrogen and oxygen atoms in total. The van der Waals surface area contributed by atoms with E-state index < -0.39 is 48.4 Å². The second-order valence-corrected chi connectivity index (χ2v) is 8.68. The summed E-state index contributed by atoms with van der Waals surface area (Å²) in [6.45, 7) is -0.635. The highest BCUT2D eigenvalue weighted by atomic mass is 16.4. The van der Waals surface area contributed by atoms with Gasteiger partial charge < -0.3 is 36.9 Å². The van der Waals surface area contributed by atoms with Gasteiger partial charge >= 0.3 is 5.97 Å². The number of nitrogens with zero attached hydrogens (tertiary/aromatic N) is 1. The molecule has 1 aromatic heterocycles. The smallest absolute Gasteiger partial charge is 0.322 e. The summed E-state index contributed by atoms with van der Waals surface area (Å²) in [5.74, 6) is -3.17. The fourth-order valence-electron chi connectivity index (χ4n) is 3.70. The number of carbonyl (C=O) groups excluding carboxylic acids is 3. The topological polar surface area (TPSA) is 200 Å². The molecular weight excluding hydrogens is 492 g/mol. The summed E-state index contributed by atoms with van der Waals surface area (Å²) in [6, 6.07) is 12.0. The minimum absolute atomic E-state index is 0.00964. The number of aromatic amines is 1. The van der Waals surface area contributed by atoms with Crippen molar-refractivity contribution in [2.75, 3.05) is 6.54 Å². The van der Waals surface area contributed by atoms with Crippen LogP contribution >= 0.6 is 0 Å². The van der Waals surface area contributed by atoms with Crippen molar-refractivity contribution in [1.82, 2.24) is 25.9 Å². The van der Waals surface area contributed by atoms with Gasteiger partial charge in [-0.1, -0.05) is 42.5 Å². The number of carboxylic acid groups (broad SMARTS) is 1. The summed E-state index contributed by atoms with van der Waals surface area (Å²) in [6.07, 6.45) is 3.24. The Kier molecular flexibility index (Phi) is 9.94. The van der Waals surface area contributed by atoms with Crippen molar-refractivity contribution in [2.24, 2.45) is 5.73 Å². The van der Waals surface area contributed by atoms with Crippen molar-refractivity contribution in [3.05, 3.63) is 83.9 Å². The van der Waals surface area contributed by atoms with Crippen molar-refractivity contribution in [2.45, 2.75) is 37.4 Å². The molecule has 3 amide bonds. The molecule has 3 atom stereocenters. The number of hydrogen-bond donors (Lipinski definition) is 7. The van der Waals surface area contributed by atoms with Crippen molar-refractivity contribution >= 4 is 23.7 Å². The molecule has 38 heavy (non-hydrogen) atoms. The molecule has 12 heteroatoms. The zero-order valence-corrected chi connectivity index (χ0v) is 20.5. The normalized spacial score (nSPS) is 13.1. The molecule has 0 fully saturated rings. The summed E-state index contributed by atoms with van der Waals surface area (Å²) < 4.78 is 0. The Labute approximate surface area is 218 Å². The Morgan fingerprint density at radius 2 is 1.47 bits per heavy atom. The predicted molar refractivity (Wildman–Crippen MR) is 137 cm³/mol. The molecular formula is C26H30N6O6. The first-order valence-corrected chi connectivity index (χ1v) is 11.9. The molecule has 2 aromatic carbocycles. The van der Waals surface area contributed by atoms with Gasteiger partial charge in [0.05, 0.1) is 12.4 Å². The number of aromatic nitrogens is 2. The highest BCUT2D eigenvalue weighted by Crippen LogP contribution is 2.12. The Morgan fingerprint density at radius 3 is 2.11 bits per heavy atom. The fourth-order valence-corrected chi connectivity index (χ4v) is 3.70. The van der Waals surface area contributed by atoms with Gasteiger partial charge in [0.2, 0.25) is 17.7 Å². The number of nitrogens with two attached hydrogens (primary N) is 1.